The molecule has 0 bridgehead atoms. The topological polar surface area (TPSA) is 68.3 Å². The predicted molar refractivity (Wildman–Crippen MR) is 70.5 cm³/mol. The van der Waals surface area contributed by atoms with E-state index in [2.05, 4.69) is 0 Å². The largest absolute Gasteiger partial charge is 0.356 e. The number of aryl methyl sites for hydroxylation is 1. The zero-order valence-corrected chi connectivity index (χ0v) is 11.7. The highest BCUT2D eigenvalue weighted by Gasteiger charge is 2.34. The van der Waals surface area contributed by atoms with E-state index in [1.807, 2.05) is 14.0 Å². The van der Waals surface area contributed by atoms with Crippen molar-refractivity contribution < 1.29 is 8.42 Å². The first-order chi connectivity index (χ1) is 8.45. The fourth-order valence-electron chi connectivity index (χ4n) is 2.44. The number of aromatic nitrogens is 1. The minimum atomic E-state index is -3.38. The average molecular weight is 271 g/mol. The lowest BCUT2D eigenvalue weighted by Gasteiger charge is -2.36. The highest BCUT2D eigenvalue weighted by Crippen LogP contribution is 2.27. The Balaban J connectivity index is 2.28. The molecular weight excluding hydrogens is 250 g/mol. The van der Waals surface area contributed by atoms with Crippen LogP contribution in [0.25, 0.3) is 0 Å². The van der Waals surface area contributed by atoms with Crippen molar-refractivity contribution in [1.82, 2.24) is 8.87 Å². The van der Waals surface area contributed by atoms with Crippen molar-refractivity contribution >= 4 is 10.0 Å². The van der Waals surface area contributed by atoms with Gasteiger partial charge in [0.25, 0.3) is 0 Å². The van der Waals surface area contributed by atoms with Crippen LogP contribution < -0.4 is 5.73 Å². The lowest BCUT2D eigenvalue weighted by Crippen LogP contribution is -2.46. The van der Waals surface area contributed by atoms with Crippen LogP contribution in [0.1, 0.15) is 19.8 Å². The highest BCUT2D eigenvalue weighted by atomic mass is 32.2. The summed E-state index contributed by atoms with van der Waals surface area (Å²) in [5, 5.41) is 0. The van der Waals surface area contributed by atoms with E-state index in [1.54, 1.807) is 27.3 Å². The molecule has 0 amide bonds. The van der Waals surface area contributed by atoms with Gasteiger partial charge in [-0.3, -0.25) is 0 Å². The van der Waals surface area contributed by atoms with Crippen molar-refractivity contribution in [2.24, 2.45) is 18.7 Å². The quantitative estimate of drug-likeness (QED) is 0.883. The summed E-state index contributed by atoms with van der Waals surface area (Å²) in [4.78, 5) is 0.370. The summed E-state index contributed by atoms with van der Waals surface area (Å²) < 4.78 is 28.4. The molecular formula is C12H21N3O2S. The number of hydrogen-bond donors (Lipinski definition) is 1. The van der Waals surface area contributed by atoms with E-state index < -0.39 is 10.0 Å². The van der Waals surface area contributed by atoms with Gasteiger partial charge >= 0.3 is 0 Å². The molecule has 1 aromatic heterocycles. The van der Waals surface area contributed by atoms with E-state index >= 15 is 0 Å². The standard InChI is InChI=1S/C12H21N3O2S/c1-10-3-4-11(7-13)8-15(10)18(16,17)12-5-6-14(2)9-12/h5-6,9-11H,3-4,7-8,13H2,1-2H3. The molecule has 1 fully saturated rings. The maximum absolute atomic E-state index is 12.5. The molecule has 18 heavy (non-hydrogen) atoms. The van der Waals surface area contributed by atoms with Crippen LogP contribution in [0.15, 0.2) is 23.4 Å². The number of sulfonamides is 1. The van der Waals surface area contributed by atoms with Gasteiger partial charge < -0.3 is 10.3 Å². The summed E-state index contributed by atoms with van der Waals surface area (Å²) in [6.45, 7) is 3.05. The molecule has 0 aliphatic carbocycles. The SMILES string of the molecule is CC1CCC(CN)CN1S(=O)(=O)c1ccn(C)c1. The van der Waals surface area contributed by atoms with E-state index in [0.717, 1.165) is 12.8 Å². The Hall–Kier alpha value is -0.850. The molecule has 1 aliphatic rings. The fraction of sp³-hybridized carbons (Fsp3) is 0.667. The first-order valence-corrected chi connectivity index (χ1v) is 7.73. The Morgan fingerprint density at radius 3 is 2.72 bits per heavy atom. The van der Waals surface area contributed by atoms with Crippen LogP contribution in [0, 0.1) is 5.92 Å². The van der Waals surface area contributed by atoms with Crippen molar-refractivity contribution in [2.75, 3.05) is 13.1 Å². The van der Waals surface area contributed by atoms with Crippen LogP contribution >= 0.6 is 0 Å². The summed E-state index contributed by atoms with van der Waals surface area (Å²) in [7, 11) is -1.56. The summed E-state index contributed by atoms with van der Waals surface area (Å²) in [6.07, 6.45) is 5.29. The van der Waals surface area contributed by atoms with E-state index in [4.69, 9.17) is 5.73 Å². The highest BCUT2D eigenvalue weighted by molar-refractivity contribution is 7.89. The van der Waals surface area contributed by atoms with Gasteiger partial charge in [-0.1, -0.05) is 0 Å². The van der Waals surface area contributed by atoms with Crippen LogP contribution in [0.5, 0.6) is 0 Å². The normalized spacial score (nSPS) is 26.4. The molecule has 2 unspecified atom stereocenters. The molecule has 0 aromatic carbocycles. The summed E-state index contributed by atoms with van der Waals surface area (Å²) >= 11 is 0. The van der Waals surface area contributed by atoms with Gasteiger partial charge in [-0.15, -0.1) is 0 Å². The van der Waals surface area contributed by atoms with E-state index in [-0.39, 0.29) is 12.0 Å². The summed E-state index contributed by atoms with van der Waals surface area (Å²) in [5.41, 5.74) is 5.67. The maximum atomic E-state index is 12.5. The van der Waals surface area contributed by atoms with Gasteiger partial charge in [0.1, 0.15) is 0 Å². The number of nitrogens with zero attached hydrogens (tertiary/aromatic N) is 2. The van der Waals surface area contributed by atoms with Crippen molar-refractivity contribution in [3.63, 3.8) is 0 Å². The minimum absolute atomic E-state index is 0.0537. The molecule has 102 valence electrons. The van der Waals surface area contributed by atoms with Crippen LogP contribution in [0.3, 0.4) is 0 Å². The molecule has 2 heterocycles. The third kappa shape index (κ3) is 2.46. The van der Waals surface area contributed by atoms with Gasteiger partial charge in [-0.25, -0.2) is 8.42 Å². The van der Waals surface area contributed by atoms with Crippen LogP contribution in [0.4, 0.5) is 0 Å². The Morgan fingerprint density at radius 2 is 2.17 bits per heavy atom. The van der Waals surface area contributed by atoms with Gasteiger partial charge in [0.2, 0.25) is 10.0 Å². The van der Waals surface area contributed by atoms with E-state index in [9.17, 15) is 8.42 Å². The first-order valence-electron chi connectivity index (χ1n) is 6.29. The van der Waals surface area contributed by atoms with Crippen LogP contribution in [-0.2, 0) is 17.1 Å². The van der Waals surface area contributed by atoms with Crippen molar-refractivity contribution in [3.05, 3.63) is 18.5 Å². The number of nitrogens with two attached hydrogens (primary N) is 1. The Morgan fingerprint density at radius 1 is 1.44 bits per heavy atom. The number of rotatable bonds is 3. The lowest BCUT2D eigenvalue weighted by atomic mass is 9.96. The van der Waals surface area contributed by atoms with E-state index in [1.165, 1.54) is 0 Å². The van der Waals surface area contributed by atoms with E-state index in [0.29, 0.717) is 18.0 Å². The zero-order chi connectivity index (χ0) is 13.3. The second kappa shape index (κ2) is 5.03. The van der Waals surface area contributed by atoms with Gasteiger partial charge in [0, 0.05) is 32.0 Å². The second-order valence-electron chi connectivity index (χ2n) is 5.12. The van der Waals surface area contributed by atoms with Crippen LogP contribution in [-0.4, -0.2) is 36.4 Å². The fourth-order valence-corrected chi connectivity index (χ4v) is 4.23. The molecule has 6 heteroatoms. The summed E-state index contributed by atoms with van der Waals surface area (Å²) in [5.74, 6) is 0.277. The Bertz CT molecular complexity index is 509. The molecule has 1 saturated heterocycles. The van der Waals surface area contributed by atoms with Gasteiger partial charge in [-0.05, 0) is 38.3 Å². The molecule has 2 atom stereocenters. The second-order valence-corrected chi connectivity index (χ2v) is 7.01. The van der Waals surface area contributed by atoms with Crippen LogP contribution in [0.2, 0.25) is 0 Å². The molecule has 1 aromatic rings. The van der Waals surface area contributed by atoms with Gasteiger partial charge in [-0.2, -0.15) is 4.31 Å². The number of hydrogen-bond acceptors (Lipinski definition) is 3. The maximum Gasteiger partial charge on any atom is 0.244 e. The first kappa shape index (κ1) is 13.6. The average Bonchev–Trinajstić information content (AvgIpc) is 2.77. The molecule has 0 saturated carbocycles. The predicted octanol–water partition coefficient (Wildman–Crippen LogP) is 0.773. The molecule has 1 aliphatic heterocycles. The third-order valence-electron chi connectivity index (χ3n) is 3.67. The molecule has 0 radical (unpaired) electrons. The monoisotopic (exact) mass is 271 g/mol. The molecule has 5 nitrogen and oxygen atoms in total. The third-order valence-corrected chi connectivity index (χ3v) is 5.63. The molecule has 2 N–H and O–H groups in total. The van der Waals surface area contributed by atoms with Gasteiger partial charge in [0.15, 0.2) is 0 Å². The van der Waals surface area contributed by atoms with Crippen molar-refractivity contribution in [1.29, 1.82) is 0 Å². The number of piperidine rings is 1. The van der Waals surface area contributed by atoms with Crippen molar-refractivity contribution in [2.45, 2.75) is 30.7 Å². The summed E-state index contributed by atoms with van der Waals surface area (Å²) in [6, 6.07) is 1.70. The lowest BCUT2D eigenvalue weighted by molar-refractivity contribution is 0.211. The Kier molecular flexibility index (Phi) is 3.79. The molecule has 0 spiro atoms. The van der Waals surface area contributed by atoms with Gasteiger partial charge in [0.05, 0.1) is 4.90 Å². The minimum Gasteiger partial charge on any atom is -0.356 e. The Labute approximate surface area is 109 Å². The smallest absolute Gasteiger partial charge is 0.244 e. The molecule has 2 rings (SSSR count). The zero-order valence-electron chi connectivity index (χ0n) is 10.9. The van der Waals surface area contributed by atoms with Crippen molar-refractivity contribution in [3.8, 4) is 0 Å².